The topological polar surface area (TPSA) is 19.9 Å². The molecule has 0 saturated heterocycles. The average Bonchev–Trinajstić information content (AvgIpc) is 2.89. The van der Waals surface area contributed by atoms with Crippen LogP contribution in [0.3, 0.4) is 0 Å². The van der Waals surface area contributed by atoms with Crippen molar-refractivity contribution >= 4 is 558 Å². The molecule has 0 aromatic rings. The summed E-state index contributed by atoms with van der Waals surface area (Å²) in [6.07, 6.45) is 0. The summed E-state index contributed by atoms with van der Waals surface area (Å²) in [5.41, 5.74) is 0. The van der Waals surface area contributed by atoms with E-state index >= 15 is 0 Å². The standard InChI is InChI=1S/C17Br35O/c18-1(19,2(20,21)4(24,25)6(28,29)8(32,33)10(36,37)12(40,41)14(44,45)16(48,49)50)3(22,23)5(26,27)7(30,31)9(34,35)11(38,39)13(42,43)15(46,47)17(51,52)53. The summed E-state index contributed by atoms with van der Waals surface area (Å²) in [6.45, 7) is 0. The summed E-state index contributed by atoms with van der Waals surface area (Å²) in [7, 11) is 0. The van der Waals surface area contributed by atoms with Gasteiger partial charge in [-0.2, -0.15) is 0 Å². The van der Waals surface area contributed by atoms with Crippen LogP contribution in [0, 0.1) is 0 Å². The van der Waals surface area contributed by atoms with Gasteiger partial charge < -0.3 is 0 Å². The Morgan fingerprint density at radius 3 is 0.340 bits per heavy atom. The Kier molecular flexibility index (Phi) is 29.5. The minimum Gasteiger partial charge on any atom is -0.202 e. The highest BCUT2D eigenvalue weighted by molar-refractivity contribution is 9.43. The SMILES string of the molecule is [O]C(Br)(Br)C(Br)(Br)C(Br)(Br)C(Br)(Br)C(Br)(Br)C(Br)(Br)C(Br)(Br)C(Br)(Br)C(Br)(Br)C(Br)(Br)C(Br)(Br)C(Br)(Br)C(Br)(Br)C(Br)(Br)C(Br)(Br)C(Br)(Br)C(Br)(Br)Br. The molecule has 0 spiro atoms. The second-order valence-corrected chi connectivity index (χ2v) is 71.3. The van der Waals surface area contributed by atoms with E-state index in [0.29, 0.717) is 0 Å². The van der Waals surface area contributed by atoms with Crippen molar-refractivity contribution in [2.75, 3.05) is 0 Å². The van der Waals surface area contributed by atoms with Crippen LogP contribution < -0.4 is 0 Å². The molecule has 53 heavy (non-hydrogen) atoms. The highest BCUT2D eigenvalue weighted by Gasteiger charge is 2.84. The van der Waals surface area contributed by atoms with Crippen molar-refractivity contribution in [3.05, 3.63) is 0 Å². The lowest BCUT2D eigenvalue weighted by Gasteiger charge is -2.62. The lowest BCUT2D eigenvalue weighted by atomic mass is 10.0. The molecular formula is C17Br35O. The Morgan fingerprint density at radius 1 is 0.151 bits per heavy atom. The van der Waals surface area contributed by atoms with E-state index in [1.807, 2.05) is 0 Å². The quantitative estimate of drug-likeness (QED) is 0.146. The van der Waals surface area contributed by atoms with Crippen LogP contribution in [0.25, 0.3) is 0 Å². The monoisotopic (exact) mass is 2980 g/mol. The van der Waals surface area contributed by atoms with Crippen molar-refractivity contribution in [3.63, 3.8) is 0 Å². The molecule has 1 nitrogen and oxygen atoms in total. The first-order valence-corrected chi connectivity index (χ1v) is 38.6. The number of halogens is 35. The van der Waals surface area contributed by atoms with Gasteiger partial charge in [-0.25, -0.2) is 5.11 Å². The molecule has 0 aromatic carbocycles. The molecule has 0 bridgehead atoms. The summed E-state index contributed by atoms with van der Waals surface area (Å²) in [5, 5.41) is 13.3. The van der Waals surface area contributed by atoms with Gasteiger partial charge in [0.2, 0.25) is 3.42 Å². The maximum absolute atomic E-state index is 13.3. The Balaban J connectivity index is 7.78. The number of hydrogen-bond donors (Lipinski definition) is 0. The van der Waals surface area contributed by atoms with Gasteiger partial charge in [0.25, 0.3) is 0 Å². The molecular weight excluding hydrogens is 3020 g/mol. The van der Waals surface area contributed by atoms with Gasteiger partial charge in [0.05, 0.1) is 0 Å². The first-order valence-electron chi connectivity index (χ1n) is 10.8. The zero-order chi connectivity index (χ0) is 44.5. The van der Waals surface area contributed by atoms with Crippen LogP contribution in [-0.4, -0.2) is 54.1 Å². The molecule has 0 aliphatic carbocycles. The van der Waals surface area contributed by atoms with Gasteiger partial charge in [-0.15, -0.1) is 0 Å². The maximum atomic E-state index is 13.3. The third kappa shape index (κ3) is 11.9. The molecule has 0 unspecified atom stereocenters. The van der Waals surface area contributed by atoms with E-state index in [2.05, 4.69) is 558 Å². The first kappa shape index (κ1) is 69.8. The number of rotatable bonds is 15. The number of alkyl halides is 35. The normalized spacial score (nSPS) is 17.4. The Bertz CT molecular complexity index is 1240. The Hall–Kier alpha value is 16.8. The molecule has 0 rings (SSSR count). The molecule has 319 valence electrons. The summed E-state index contributed by atoms with van der Waals surface area (Å²) in [4.78, 5) is 0. The van der Waals surface area contributed by atoms with Gasteiger partial charge in [0, 0.05) is 0 Å². The molecule has 0 atom stereocenters. The molecule has 0 amide bonds. The lowest BCUT2D eigenvalue weighted by molar-refractivity contribution is 0.137. The van der Waals surface area contributed by atoms with Gasteiger partial charge in [0.15, 0.2) is 5.38 Å². The van der Waals surface area contributed by atoms with Crippen LogP contribution in [0.15, 0.2) is 0 Å². The summed E-state index contributed by atoms with van der Waals surface area (Å²) in [5.74, 6) is 0. The predicted octanol–water partition coefficient (Wildman–Crippen LogP) is 26.0. The molecule has 0 aliphatic heterocycles. The average molecular weight is 3020 g/mol. The van der Waals surface area contributed by atoms with Gasteiger partial charge in [0.1, 0.15) is 45.3 Å². The maximum Gasteiger partial charge on any atom is 0.239 e. The van der Waals surface area contributed by atoms with Gasteiger partial charge in [-0.3, -0.25) is 0 Å². The Morgan fingerprint density at radius 2 is 0.245 bits per heavy atom. The van der Waals surface area contributed by atoms with Gasteiger partial charge in [-0.05, 0) is 31.9 Å². The minimum atomic E-state index is -1.96. The van der Waals surface area contributed by atoms with Gasteiger partial charge in [-0.1, -0.05) is 526 Å². The van der Waals surface area contributed by atoms with Crippen molar-refractivity contribution in [2.45, 2.75) is 54.1 Å². The molecule has 0 aliphatic rings. The number of hydrogen-bond acceptors (Lipinski definition) is 0. The fraction of sp³-hybridized carbons (Fsp3) is 1.00. The van der Waals surface area contributed by atoms with Crippen LogP contribution in [-0.2, 0) is 5.11 Å². The second-order valence-electron chi connectivity index (χ2n) is 9.63. The van der Waals surface area contributed by atoms with E-state index in [0.717, 1.165) is 0 Å². The van der Waals surface area contributed by atoms with E-state index in [1.165, 1.54) is 0 Å². The molecule has 0 saturated carbocycles. The molecule has 0 heterocycles. The van der Waals surface area contributed by atoms with E-state index in [-0.39, 0.29) is 0 Å². The molecule has 0 N–H and O–H groups in total. The van der Waals surface area contributed by atoms with Crippen LogP contribution >= 0.6 is 558 Å². The smallest absolute Gasteiger partial charge is 0.202 e. The van der Waals surface area contributed by atoms with Crippen LogP contribution in [0.1, 0.15) is 0 Å². The Labute approximate surface area is 601 Å². The zero-order valence-electron chi connectivity index (χ0n) is 22.1. The predicted molar refractivity (Wildman–Crippen MR) is 360 cm³/mol. The summed E-state index contributed by atoms with van der Waals surface area (Å²) >= 11 is 134. The summed E-state index contributed by atoms with van der Waals surface area (Å²) in [6, 6.07) is 0. The van der Waals surface area contributed by atoms with Crippen molar-refractivity contribution in [2.24, 2.45) is 0 Å². The third-order valence-corrected chi connectivity index (χ3v) is 79.9. The zero-order valence-corrected chi connectivity index (χ0v) is 77.6. The second kappa shape index (κ2) is 22.4. The van der Waals surface area contributed by atoms with Crippen LogP contribution in [0.5, 0.6) is 0 Å². The minimum absolute atomic E-state index is 0.915. The van der Waals surface area contributed by atoms with Gasteiger partial charge >= 0.3 is 0 Å². The fourth-order valence-electron chi connectivity index (χ4n) is 2.92. The van der Waals surface area contributed by atoms with E-state index in [1.54, 1.807) is 0 Å². The van der Waals surface area contributed by atoms with Crippen molar-refractivity contribution in [1.82, 2.24) is 0 Å². The first-order chi connectivity index (χ1) is 22.0. The largest absolute Gasteiger partial charge is 0.239 e. The van der Waals surface area contributed by atoms with Crippen molar-refractivity contribution in [3.8, 4) is 0 Å². The molecule has 1 radical (unpaired) electrons. The highest BCUT2D eigenvalue weighted by Crippen LogP contribution is 2.83. The van der Waals surface area contributed by atoms with Crippen molar-refractivity contribution in [1.29, 1.82) is 0 Å². The molecule has 0 fully saturated rings. The third-order valence-electron chi connectivity index (χ3n) is 6.24. The van der Waals surface area contributed by atoms with Crippen molar-refractivity contribution < 1.29 is 5.11 Å². The highest BCUT2D eigenvalue weighted by atomic mass is 80.0. The van der Waals surface area contributed by atoms with Crippen LogP contribution in [0.4, 0.5) is 0 Å². The van der Waals surface area contributed by atoms with E-state index < -0.39 is 54.1 Å². The fourth-order valence-corrected chi connectivity index (χ4v) is 37.5. The van der Waals surface area contributed by atoms with Crippen LogP contribution in [0.2, 0.25) is 0 Å². The van der Waals surface area contributed by atoms with E-state index in [9.17, 15) is 5.11 Å². The lowest BCUT2D eigenvalue weighted by Crippen LogP contribution is -2.73. The molecule has 0 aromatic heterocycles. The van der Waals surface area contributed by atoms with E-state index in [4.69, 9.17) is 0 Å². The summed E-state index contributed by atoms with van der Waals surface area (Å²) < 4.78 is -22.7. The molecule has 36 heteroatoms.